The molecule has 4 nitrogen and oxygen atoms in total. The van der Waals surface area contributed by atoms with Crippen molar-refractivity contribution in [3.8, 4) is 0 Å². The summed E-state index contributed by atoms with van der Waals surface area (Å²) in [5.74, 6) is -1.20. The lowest BCUT2D eigenvalue weighted by Gasteiger charge is -2.13. The van der Waals surface area contributed by atoms with E-state index in [1.54, 1.807) is 6.92 Å². The molecule has 1 aromatic rings. The number of amides is 1. The summed E-state index contributed by atoms with van der Waals surface area (Å²) in [4.78, 5) is 11.7. The molecule has 1 N–H and O–H groups in total. The molecular weight excluding hydrogens is 325 g/mol. The quantitative estimate of drug-likeness (QED) is 0.920. The molecule has 0 spiro atoms. The van der Waals surface area contributed by atoms with Gasteiger partial charge in [0.25, 0.3) is 0 Å². The van der Waals surface area contributed by atoms with Crippen LogP contribution < -0.4 is 5.32 Å². The monoisotopic (exact) mass is 337 g/mol. The Morgan fingerprint density at radius 1 is 1.44 bits per heavy atom. The first-order chi connectivity index (χ1) is 8.12. The number of benzene rings is 1. The second kappa shape index (κ2) is 5.36. The van der Waals surface area contributed by atoms with Gasteiger partial charge in [-0.15, -0.1) is 0 Å². The van der Waals surface area contributed by atoms with Crippen molar-refractivity contribution < 1.29 is 17.6 Å². The number of anilines is 1. The molecule has 18 heavy (non-hydrogen) atoms. The van der Waals surface area contributed by atoms with E-state index in [1.165, 1.54) is 13.0 Å². The predicted octanol–water partition coefficient (Wildman–Crippen LogP) is 2.27. The van der Waals surface area contributed by atoms with Crippen molar-refractivity contribution >= 4 is 37.4 Å². The van der Waals surface area contributed by atoms with Crippen LogP contribution in [-0.2, 0) is 14.6 Å². The molecule has 0 bridgehead atoms. The largest absolute Gasteiger partial charge is 0.325 e. The Bertz CT molecular complexity index is 586. The van der Waals surface area contributed by atoms with Crippen molar-refractivity contribution in [1.82, 2.24) is 0 Å². The summed E-state index contributed by atoms with van der Waals surface area (Å²) in [5.41, 5.74) is 0.897. The maximum absolute atomic E-state index is 13.3. The smallest absolute Gasteiger partial charge is 0.242 e. The molecule has 0 radical (unpaired) electrons. The van der Waals surface area contributed by atoms with Crippen LogP contribution in [0.3, 0.4) is 0 Å². The molecule has 1 aromatic carbocycles. The van der Waals surface area contributed by atoms with Crippen molar-refractivity contribution in [2.24, 2.45) is 0 Å². The standard InChI is InChI=1S/C11H13BrFNO3S/c1-6-4-8(12)9(13)5-10(6)14-11(15)7(2)18(3,16)17/h4-5,7H,1-3H3,(H,14,15). The molecule has 0 saturated carbocycles. The van der Waals surface area contributed by atoms with Gasteiger partial charge >= 0.3 is 0 Å². The zero-order valence-electron chi connectivity index (χ0n) is 10.1. The predicted molar refractivity (Wildman–Crippen MR) is 71.8 cm³/mol. The van der Waals surface area contributed by atoms with Crippen LogP contribution in [0.5, 0.6) is 0 Å². The highest BCUT2D eigenvalue weighted by atomic mass is 79.9. The Kier molecular flexibility index (Phi) is 4.50. The number of hydrogen-bond donors (Lipinski definition) is 1. The van der Waals surface area contributed by atoms with E-state index < -0.39 is 26.8 Å². The molecule has 0 saturated heterocycles. The van der Waals surface area contributed by atoms with E-state index in [0.717, 1.165) is 12.3 Å². The lowest BCUT2D eigenvalue weighted by Crippen LogP contribution is -2.32. The fourth-order valence-corrected chi connectivity index (χ4v) is 2.12. The molecule has 0 aliphatic carbocycles. The topological polar surface area (TPSA) is 63.2 Å². The third kappa shape index (κ3) is 3.52. The Morgan fingerprint density at radius 3 is 2.50 bits per heavy atom. The number of carbonyl (C=O) groups is 1. The van der Waals surface area contributed by atoms with E-state index >= 15 is 0 Å². The zero-order chi connectivity index (χ0) is 14.1. The van der Waals surface area contributed by atoms with Crippen molar-refractivity contribution in [2.45, 2.75) is 19.1 Å². The van der Waals surface area contributed by atoms with Crippen LogP contribution in [0.25, 0.3) is 0 Å². The van der Waals surface area contributed by atoms with Crippen LogP contribution in [-0.4, -0.2) is 25.8 Å². The number of aryl methyl sites for hydroxylation is 1. The van der Waals surface area contributed by atoms with Gasteiger partial charge in [0.2, 0.25) is 5.91 Å². The van der Waals surface area contributed by atoms with Crippen molar-refractivity contribution in [3.63, 3.8) is 0 Å². The van der Waals surface area contributed by atoms with E-state index in [1.807, 2.05) is 0 Å². The van der Waals surface area contributed by atoms with Gasteiger partial charge in [-0.1, -0.05) is 0 Å². The van der Waals surface area contributed by atoms with Crippen molar-refractivity contribution in [1.29, 1.82) is 0 Å². The summed E-state index contributed by atoms with van der Waals surface area (Å²) in [6.45, 7) is 2.97. The lowest BCUT2D eigenvalue weighted by molar-refractivity contribution is -0.115. The van der Waals surface area contributed by atoms with Gasteiger partial charge in [-0.05, 0) is 47.5 Å². The molecule has 0 aliphatic rings. The van der Waals surface area contributed by atoms with Crippen LogP contribution >= 0.6 is 15.9 Å². The van der Waals surface area contributed by atoms with Crippen LogP contribution in [0.1, 0.15) is 12.5 Å². The molecule has 100 valence electrons. The lowest BCUT2D eigenvalue weighted by atomic mass is 10.2. The van der Waals surface area contributed by atoms with E-state index in [4.69, 9.17) is 0 Å². The van der Waals surface area contributed by atoms with Crippen LogP contribution in [0.15, 0.2) is 16.6 Å². The molecule has 1 unspecified atom stereocenters. The maximum atomic E-state index is 13.3. The van der Waals surface area contributed by atoms with Crippen LogP contribution in [0.4, 0.5) is 10.1 Å². The second-order valence-electron chi connectivity index (χ2n) is 4.04. The molecule has 1 amide bonds. The minimum atomic E-state index is -3.47. The first kappa shape index (κ1) is 15.1. The van der Waals surface area contributed by atoms with E-state index in [2.05, 4.69) is 21.2 Å². The highest BCUT2D eigenvalue weighted by Gasteiger charge is 2.24. The minimum absolute atomic E-state index is 0.260. The minimum Gasteiger partial charge on any atom is -0.325 e. The number of hydrogen-bond acceptors (Lipinski definition) is 3. The molecule has 0 fully saturated rings. The number of nitrogens with one attached hydrogen (secondary N) is 1. The fraction of sp³-hybridized carbons (Fsp3) is 0.364. The molecule has 0 heterocycles. The van der Waals surface area contributed by atoms with Gasteiger partial charge in [-0.25, -0.2) is 12.8 Å². The van der Waals surface area contributed by atoms with Gasteiger partial charge in [-0.3, -0.25) is 4.79 Å². The summed E-state index contributed by atoms with van der Waals surface area (Å²) in [7, 11) is -3.47. The normalized spacial score (nSPS) is 13.2. The average molecular weight is 338 g/mol. The van der Waals surface area contributed by atoms with Crippen molar-refractivity contribution in [2.75, 3.05) is 11.6 Å². The number of sulfone groups is 1. The SMILES string of the molecule is Cc1cc(Br)c(F)cc1NC(=O)C(C)S(C)(=O)=O. The molecule has 0 aliphatic heterocycles. The number of rotatable bonds is 3. The highest BCUT2D eigenvalue weighted by molar-refractivity contribution is 9.10. The summed E-state index contributed by atoms with van der Waals surface area (Å²) in [6, 6.07) is 2.66. The summed E-state index contributed by atoms with van der Waals surface area (Å²) in [5, 5.41) is 1.23. The molecule has 1 rings (SSSR count). The zero-order valence-corrected chi connectivity index (χ0v) is 12.5. The van der Waals surface area contributed by atoms with Crippen LogP contribution in [0, 0.1) is 12.7 Å². The average Bonchev–Trinajstić information content (AvgIpc) is 2.23. The Morgan fingerprint density at radius 2 is 2.00 bits per heavy atom. The van der Waals surface area contributed by atoms with Gasteiger partial charge in [0.05, 0.1) is 4.47 Å². The Hall–Kier alpha value is -0.950. The van der Waals surface area contributed by atoms with E-state index in [0.29, 0.717) is 5.56 Å². The second-order valence-corrected chi connectivity index (χ2v) is 7.26. The summed E-state index contributed by atoms with van der Waals surface area (Å²) >= 11 is 3.02. The first-order valence-electron chi connectivity index (χ1n) is 5.08. The Labute approximate surface area is 114 Å². The summed E-state index contributed by atoms with van der Waals surface area (Å²) in [6.07, 6.45) is 0.978. The molecular formula is C11H13BrFNO3S. The van der Waals surface area contributed by atoms with Gasteiger partial charge in [0.1, 0.15) is 11.1 Å². The molecule has 7 heteroatoms. The molecule has 1 atom stereocenters. The summed E-state index contributed by atoms with van der Waals surface area (Å²) < 4.78 is 36.1. The third-order valence-corrected chi connectivity index (χ3v) is 4.64. The van der Waals surface area contributed by atoms with Crippen molar-refractivity contribution in [3.05, 3.63) is 28.0 Å². The highest BCUT2D eigenvalue weighted by Crippen LogP contribution is 2.24. The van der Waals surface area contributed by atoms with E-state index in [9.17, 15) is 17.6 Å². The molecule has 0 aromatic heterocycles. The number of halogens is 2. The van der Waals surface area contributed by atoms with Gasteiger partial charge in [0.15, 0.2) is 9.84 Å². The van der Waals surface area contributed by atoms with Gasteiger partial charge < -0.3 is 5.32 Å². The van der Waals surface area contributed by atoms with Gasteiger partial charge in [0, 0.05) is 11.9 Å². The van der Waals surface area contributed by atoms with Crippen LogP contribution in [0.2, 0.25) is 0 Å². The van der Waals surface area contributed by atoms with E-state index in [-0.39, 0.29) is 10.2 Å². The fourth-order valence-electron chi connectivity index (χ4n) is 1.21. The van der Waals surface area contributed by atoms with Gasteiger partial charge in [-0.2, -0.15) is 0 Å². The first-order valence-corrected chi connectivity index (χ1v) is 7.83. The Balaban J connectivity index is 2.99. The maximum Gasteiger partial charge on any atom is 0.242 e. The number of carbonyl (C=O) groups excluding carboxylic acids is 1. The third-order valence-electron chi connectivity index (χ3n) is 2.54.